The van der Waals surface area contributed by atoms with E-state index in [9.17, 15) is 14.0 Å². The molecule has 1 saturated heterocycles. The monoisotopic (exact) mass is 338 g/mol. The third kappa shape index (κ3) is 2.39. The van der Waals surface area contributed by atoms with E-state index in [0.29, 0.717) is 11.4 Å². The van der Waals surface area contributed by atoms with Crippen molar-refractivity contribution in [2.24, 2.45) is 10.3 Å². The average Bonchev–Trinajstić information content (AvgIpc) is 3.07. The number of hydrogen-bond donors (Lipinski definition) is 0. The molecule has 0 aromatic heterocycles. The predicted octanol–water partition coefficient (Wildman–Crippen LogP) is 2.94. The second-order valence-corrected chi connectivity index (χ2v) is 6.28. The van der Waals surface area contributed by atoms with Gasteiger partial charge < -0.3 is 0 Å². The quantitative estimate of drug-likeness (QED) is 0.791. The van der Waals surface area contributed by atoms with Crippen molar-refractivity contribution in [3.63, 3.8) is 0 Å². The normalized spacial score (nSPS) is 22.0. The van der Waals surface area contributed by atoms with Crippen LogP contribution in [0.15, 0.2) is 52.8 Å². The van der Waals surface area contributed by atoms with Gasteiger partial charge in [0.25, 0.3) is 11.8 Å². The highest BCUT2D eigenvalue weighted by atomic mass is 19.1. The van der Waals surface area contributed by atoms with E-state index in [1.165, 1.54) is 23.2 Å². The molecule has 2 aromatic carbocycles. The Labute approximate surface area is 143 Å². The van der Waals surface area contributed by atoms with Gasteiger partial charge in [-0.25, -0.2) is 14.3 Å². The van der Waals surface area contributed by atoms with E-state index in [1.54, 1.807) is 18.2 Å². The van der Waals surface area contributed by atoms with Crippen LogP contribution < -0.4 is 9.91 Å². The van der Waals surface area contributed by atoms with Gasteiger partial charge in [0, 0.05) is 0 Å². The number of carbonyl (C=O) groups is 2. The van der Waals surface area contributed by atoms with Crippen LogP contribution in [0.1, 0.15) is 11.1 Å². The number of benzene rings is 2. The van der Waals surface area contributed by atoms with Gasteiger partial charge in [-0.1, -0.05) is 17.4 Å². The first kappa shape index (κ1) is 15.4. The van der Waals surface area contributed by atoms with Crippen LogP contribution in [0, 0.1) is 19.7 Å². The van der Waals surface area contributed by atoms with E-state index in [-0.39, 0.29) is 0 Å². The molecule has 2 aliphatic rings. The SMILES string of the molecule is Cc1cc(C)cc(N2C(=O)[C@H]3N=NN(c4cccc(F)c4)[C@@H]3C2=O)c1. The average molecular weight is 338 g/mol. The Balaban J connectivity index is 1.73. The molecule has 2 aliphatic heterocycles. The number of amides is 2. The van der Waals surface area contributed by atoms with Gasteiger partial charge in [-0.05, 0) is 55.3 Å². The van der Waals surface area contributed by atoms with Crippen LogP contribution in [0.25, 0.3) is 0 Å². The summed E-state index contributed by atoms with van der Waals surface area (Å²) in [6.45, 7) is 3.81. The lowest BCUT2D eigenvalue weighted by Gasteiger charge is -2.21. The number of imide groups is 1. The molecule has 0 bridgehead atoms. The van der Waals surface area contributed by atoms with Crippen molar-refractivity contribution in [1.29, 1.82) is 0 Å². The standard InChI is InChI=1S/C18H15FN4O2/c1-10-6-11(2)8-14(7-10)22-17(24)15-16(18(22)25)23(21-20-15)13-5-3-4-12(19)9-13/h3-9,15-16H,1-2H3/t15-,16-/m0/s1. The van der Waals surface area contributed by atoms with Crippen molar-refractivity contribution in [2.45, 2.75) is 25.9 Å². The molecule has 0 unspecified atom stereocenters. The highest BCUT2D eigenvalue weighted by Gasteiger charge is 2.55. The maximum absolute atomic E-state index is 13.5. The van der Waals surface area contributed by atoms with Crippen molar-refractivity contribution in [1.82, 2.24) is 0 Å². The van der Waals surface area contributed by atoms with Crippen LogP contribution in [0.2, 0.25) is 0 Å². The van der Waals surface area contributed by atoms with Gasteiger partial charge >= 0.3 is 0 Å². The zero-order valence-electron chi connectivity index (χ0n) is 13.7. The van der Waals surface area contributed by atoms with Crippen LogP contribution in [-0.4, -0.2) is 23.9 Å². The number of hydrogen-bond acceptors (Lipinski definition) is 5. The Hall–Kier alpha value is -3.09. The van der Waals surface area contributed by atoms with Crippen molar-refractivity contribution in [3.05, 3.63) is 59.4 Å². The second kappa shape index (κ2) is 5.47. The summed E-state index contributed by atoms with van der Waals surface area (Å²) in [6, 6.07) is 9.47. The fraction of sp³-hybridized carbons (Fsp3) is 0.222. The summed E-state index contributed by atoms with van der Waals surface area (Å²) in [4.78, 5) is 26.8. The molecule has 0 aliphatic carbocycles. The van der Waals surface area contributed by atoms with Crippen molar-refractivity contribution in [2.75, 3.05) is 9.91 Å². The summed E-state index contributed by atoms with van der Waals surface area (Å²) in [7, 11) is 0. The topological polar surface area (TPSA) is 65.3 Å². The molecule has 0 N–H and O–H groups in total. The number of carbonyl (C=O) groups excluding carboxylic acids is 2. The Morgan fingerprint density at radius 2 is 1.68 bits per heavy atom. The molecular weight excluding hydrogens is 323 g/mol. The van der Waals surface area contributed by atoms with E-state index in [1.807, 2.05) is 19.9 Å². The molecule has 25 heavy (non-hydrogen) atoms. The molecule has 1 fully saturated rings. The third-order valence-corrected chi connectivity index (χ3v) is 4.32. The molecule has 6 nitrogen and oxygen atoms in total. The summed E-state index contributed by atoms with van der Waals surface area (Å²) in [5.41, 5.74) is 2.82. The van der Waals surface area contributed by atoms with Gasteiger partial charge in [-0.15, -0.1) is 0 Å². The lowest BCUT2D eigenvalue weighted by molar-refractivity contribution is -0.121. The first-order chi connectivity index (χ1) is 12.0. The summed E-state index contributed by atoms with van der Waals surface area (Å²) >= 11 is 0. The largest absolute Gasteiger partial charge is 0.271 e. The Kier molecular flexibility index (Phi) is 3.38. The number of fused-ring (bicyclic) bond motifs is 1. The van der Waals surface area contributed by atoms with Crippen LogP contribution in [-0.2, 0) is 9.59 Å². The fourth-order valence-corrected chi connectivity index (χ4v) is 3.33. The van der Waals surface area contributed by atoms with Crippen molar-refractivity contribution < 1.29 is 14.0 Å². The molecule has 126 valence electrons. The van der Waals surface area contributed by atoms with E-state index in [4.69, 9.17) is 0 Å². The van der Waals surface area contributed by atoms with E-state index < -0.39 is 29.7 Å². The van der Waals surface area contributed by atoms with Gasteiger partial charge in [-0.3, -0.25) is 9.59 Å². The first-order valence-electron chi connectivity index (χ1n) is 7.87. The van der Waals surface area contributed by atoms with Crippen LogP contribution in [0.4, 0.5) is 15.8 Å². The molecule has 2 heterocycles. The molecule has 2 atom stereocenters. The summed E-state index contributed by atoms with van der Waals surface area (Å²) in [5.74, 6) is -1.27. The van der Waals surface area contributed by atoms with Gasteiger partial charge in [0.15, 0.2) is 12.1 Å². The summed E-state index contributed by atoms with van der Waals surface area (Å²) in [5, 5.41) is 9.19. The summed E-state index contributed by atoms with van der Waals surface area (Å²) < 4.78 is 13.5. The minimum absolute atomic E-state index is 0.389. The molecule has 2 aromatic rings. The number of halogens is 1. The molecule has 0 radical (unpaired) electrons. The van der Waals surface area contributed by atoms with Gasteiger partial charge in [0.2, 0.25) is 0 Å². The third-order valence-electron chi connectivity index (χ3n) is 4.32. The highest BCUT2D eigenvalue weighted by Crippen LogP contribution is 2.35. The lowest BCUT2D eigenvalue weighted by atomic mass is 10.1. The summed E-state index contributed by atoms with van der Waals surface area (Å²) in [6.07, 6.45) is 0. The zero-order chi connectivity index (χ0) is 17.7. The van der Waals surface area contributed by atoms with Gasteiger partial charge in [0.1, 0.15) is 5.82 Å². The number of anilines is 2. The fourth-order valence-electron chi connectivity index (χ4n) is 3.33. The lowest BCUT2D eigenvalue weighted by Crippen LogP contribution is -2.40. The molecular formula is C18H15FN4O2. The molecule has 7 heteroatoms. The van der Waals surface area contributed by atoms with E-state index in [2.05, 4.69) is 10.3 Å². The Morgan fingerprint density at radius 1 is 0.960 bits per heavy atom. The van der Waals surface area contributed by atoms with Crippen LogP contribution >= 0.6 is 0 Å². The second-order valence-electron chi connectivity index (χ2n) is 6.28. The van der Waals surface area contributed by atoms with Crippen molar-refractivity contribution >= 4 is 23.2 Å². The zero-order valence-corrected chi connectivity index (χ0v) is 13.7. The van der Waals surface area contributed by atoms with E-state index >= 15 is 0 Å². The van der Waals surface area contributed by atoms with Gasteiger partial charge in [-0.2, -0.15) is 5.11 Å². The number of rotatable bonds is 2. The minimum Gasteiger partial charge on any atom is -0.271 e. The molecule has 0 saturated carbocycles. The Bertz CT molecular complexity index is 907. The molecule has 4 rings (SSSR count). The van der Waals surface area contributed by atoms with Crippen LogP contribution in [0.5, 0.6) is 0 Å². The first-order valence-corrected chi connectivity index (χ1v) is 7.87. The van der Waals surface area contributed by atoms with Crippen LogP contribution in [0.3, 0.4) is 0 Å². The number of aryl methyl sites for hydroxylation is 2. The van der Waals surface area contributed by atoms with E-state index in [0.717, 1.165) is 16.0 Å². The Morgan fingerprint density at radius 3 is 2.36 bits per heavy atom. The molecule has 2 amide bonds. The minimum atomic E-state index is -0.906. The predicted molar refractivity (Wildman–Crippen MR) is 89.7 cm³/mol. The maximum atomic E-state index is 13.5. The smallest absolute Gasteiger partial charge is 0.263 e. The van der Waals surface area contributed by atoms with Gasteiger partial charge in [0.05, 0.1) is 11.4 Å². The van der Waals surface area contributed by atoms with Crippen molar-refractivity contribution in [3.8, 4) is 0 Å². The highest BCUT2D eigenvalue weighted by molar-refractivity contribution is 6.26. The molecule has 0 spiro atoms. The maximum Gasteiger partial charge on any atom is 0.263 e. The number of nitrogens with zero attached hydrogens (tertiary/aromatic N) is 4.